The van der Waals surface area contributed by atoms with Crippen LogP contribution >= 0.6 is 0 Å². The number of aryl methyl sites for hydroxylation is 3. The first kappa shape index (κ1) is 18.0. The van der Waals surface area contributed by atoms with E-state index in [1.807, 2.05) is 37.5 Å². The van der Waals surface area contributed by atoms with Crippen LogP contribution in [0.2, 0.25) is 0 Å². The van der Waals surface area contributed by atoms with Gasteiger partial charge in [0.15, 0.2) is 0 Å². The van der Waals surface area contributed by atoms with E-state index in [0.29, 0.717) is 19.6 Å². The maximum atomic E-state index is 12.7. The van der Waals surface area contributed by atoms with Crippen LogP contribution in [0.1, 0.15) is 25.3 Å². The van der Waals surface area contributed by atoms with Gasteiger partial charge in [-0.3, -0.25) is 18.6 Å². The van der Waals surface area contributed by atoms with Crippen LogP contribution < -0.4 is 5.69 Å². The second-order valence-electron chi connectivity index (χ2n) is 6.60. The van der Waals surface area contributed by atoms with Crippen molar-refractivity contribution < 1.29 is 4.79 Å². The van der Waals surface area contributed by atoms with Gasteiger partial charge in [0.1, 0.15) is 0 Å². The first-order chi connectivity index (χ1) is 12.5. The van der Waals surface area contributed by atoms with Crippen LogP contribution in [0.4, 0.5) is 0 Å². The van der Waals surface area contributed by atoms with Gasteiger partial charge in [-0.25, -0.2) is 4.79 Å². The molecule has 138 valence electrons. The topological polar surface area (TPSA) is 65.1 Å². The van der Waals surface area contributed by atoms with Crippen molar-refractivity contribution in [3.8, 4) is 0 Å². The normalized spacial score (nSPS) is 11.2. The van der Waals surface area contributed by atoms with Crippen LogP contribution in [0.15, 0.2) is 41.5 Å². The first-order valence-corrected chi connectivity index (χ1v) is 8.90. The summed E-state index contributed by atoms with van der Waals surface area (Å²) in [6.07, 6.45) is 4.83. The number of amides is 1. The van der Waals surface area contributed by atoms with Gasteiger partial charge in [0.25, 0.3) is 0 Å². The van der Waals surface area contributed by atoms with Crippen molar-refractivity contribution in [2.75, 3.05) is 7.05 Å². The minimum absolute atomic E-state index is 0.00748. The Labute approximate surface area is 152 Å². The van der Waals surface area contributed by atoms with E-state index in [9.17, 15) is 9.59 Å². The van der Waals surface area contributed by atoms with Crippen molar-refractivity contribution in [1.82, 2.24) is 23.8 Å². The molecule has 0 atom stereocenters. The molecule has 1 aromatic carbocycles. The molecule has 0 aliphatic heterocycles. The molecule has 3 aromatic rings. The lowest BCUT2D eigenvalue weighted by atomic mass is 10.3. The zero-order chi connectivity index (χ0) is 18.7. The number of carbonyl (C=O) groups is 1. The van der Waals surface area contributed by atoms with E-state index in [2.05, 4.69) is 12.0 Å². The molecule has 1 amide bonds. The Morgan fingerprint density at radius 2 is 1.81 bits per heavy atom. The number of hydrogen-bond donors (Lipinski definition) is 0. The van der Waals surface area contributed by atoms with E-state index >= 15 is 0 Å². The number of aromatic nitrogens is 4. The highest BCUT2D eigenvalue weighted by molar-refractivity contribution is 5.78. The lowest BCUT2D eigenvalue weighted by Crippen LogP contribution is -2.29. The number of nitrogens with zero attached hydrogens (tertiary/aromatic N) is 5. The van der Waals surface area contributed by atoms with Crippen LogP contribution in [0, 0.1) is 0 Å². The maximum Gasteiger partial charge on any atom is 0.329 e. The fourth-order valence-electron chi connectivity index (χ4n) is 3.24. The van der Waals surface area contributed by atoms with E-state index in [4.69, 9.17) is 0 Å². The average molecular weight is 355 g/mol. The number of imidazole rings is 1. The third-order valence-corrected chi connectivity index (χ3v) is 4.53. The number of carbonyl (C=O) groups excluding carboxylic acids is 1. The molecule has 0 unspecified atom stereocenters. The number of benzene rings is 1. The van der Waals surface area contributed by atoms with Gasteiger partial charge in [-0.2, -0.15) is 5.10 Å². The van der Waals surface area contributed by atoms with Crippen LogP contribution in [0.3, 0.4) is 0 Å². The van der Waals surface area contributed by atoms with Gasteiger partial charge in [0, 0.05) is 51.9 Å². The predicted molar refractivity (Wildman–Crippen MR) is 101 cm³/mol. The van der Waals surface area contributed by atoms with Gasteiger partial charge in [-0.05, 0) is 18.6 Å². The fourth-order valence-corrected chi connectivity index (χ4v) is 3.24. The van der Waals surface area contributed by atoms with Gasteiger partial charge in [-0.15, -0.1) is 0 Å². The molecule has 0 aliphatic rings. The highest BCUT2D eigenvalue weighted by Gasteiger charge is 2.15. The number of hydrogen-bond acceptors (Lipinski definition) is 3. The molecule has 7 heteroatoms. The molecule has 26 heavy (non-hydrogen) atoms. The van der Waals surface area contributed by atoms with Crippen molar-refractivity contribution in [2.45, 2.75) is 39.4 Å². The summed E-state index contributed by atoms with van der Waals surface area (Å²) in [5, 5.41) is 4.12. The first-order valence-electron chi connectivity index (χ1n) is 8.90. The second kappa shape index (κ2) is 7.59. The Morgan fingerprint density at radius 3 is 2.38 bits per heavy atom. The quantitative estimate of drug-likeness (QED) is 0.651. The molecular formula is C19H25N5O2. The zero-order valence-electron chi connectivity index (χ0n) is 15.6. The molecule has 0 bridgehead atoms. The van der Waals surface area contributed by atoms with Gasteiger partial charge < -0.3 is 4.90 Å². The molecule has 3 rings (SSSR count). The third-order valence-electron chi connectivity index (χ3n) is 4.53. The summed E-state index contributed by atoms with van der Waals surface area (Å²) in [7, 11) is 3.63. The Bertz CT molecular complexity index is 966. The van der Waals surface area contributed by atoms with Gasteiger partial charge in [-0.1, -0.05) is 19.1 Å². The average Bonchev–Trinajstić information content (AvgIpc) is 3.15. The van der Waals surface area contributed by atoms with E-state index in [1.54, 1.807) is 32.0 Å². The molecular weight excluding hydrogens is 330 g/mol. The summed E-state index contributed by atoms with van der Waals surface area (Å²) in [6.45, 7) is 3.63. The molecule has 0 spiro atoms. The van der Waals surface area contributed by atoms with Crippen LogP contribution in [0.25, 0.3) is 11.0 Å². The van der Waals surface area contributed by atoms with Crippen molar-refractivity contribution >= 4 is 16.9 Å². The fraction of sp³-hybridized carbons (Fsp3) is 0.421. The van der Waals surface area contributed by atoms with E-state index in [0.717, 1.165) is 23.0 Å². The standard InChI is InChI=1S/C19H25N5O2/c1-4-10-23-16-7-5-6-8-17(16)24(19(23)26)11-9-18(25)21(2)13-15-12-20-22(3)14-15/h5-8,12,14H,4,9-11,13H2,1-3H3. The Morgan fingerprint density at radius 1 is 1.15 bits per heavy atom. The Hall–Kier alpha value is -2.83. The Balaban J connectivity index is 1.74. The highest BCUT2D eigenvalue weighted by Crippen LogP contribution is 2.14. The number of rotatable bonds is 7. The molecule has 0 radical (unpaired) electrons. The molecule has 2 heterocycles. The molecule has 0 aliphatic carbocycles. The van der Waals surface area contributed by atoms with Crippen molar-refractivity contribution in [3.63, 3.8) is 0 Å². The summed E-state index contributed by atoms with van der Waals surface area (Å²) in [6, 6.07) is 7.75. The Kier molecular flexibility index (Phi) is 5.25. The number of para-hydroxylation sites is 2. The summed E-state index contributed by atoms with van der Waals surface area (Å²) in [5.74, 6) is 0.00748. The van der Waals surface area contributed by atoms with E-state index in [-0.39, 0.29) is 18.0 Å². The molecule has 0 N–H and O–H groups in total. The summed E-state index contributed by atoms with van der Waals surface area (Å²) in [5.41, 5.74) is 2.75. The summed E-state index contributed by atoms with van der Waals surface area (Å²) < 4.78 is 5.22. The minimum atomic E-state index is -0.0456. The van der Waals surface area contributed by atoms with Crippen LogP contribution in [-0.4, -0.2) is 36.8 Å². The summed E-state index contributed by atoms with van der Waals surface area (Å²) >= 11 is 0. The highest BCUT2D eigenvalue weighted by atomic mass is 16.2. The smallest absolute Gasteiger partial charge is 0.329 e. The van der Waals surface area contributed by atoms with Gasteiger partial charge in [0.05, 0.1) is 17.2 Å². The van der Waals surface area contributed by atoms with Crippen molar-refractivity contribution in [3.05, 3.63) is 52.7 Å². The molecule has 0 saturated carbocycles. The minimum Gasteiger partial charge on any atom is -0.341 e. The lowest BCUT2D eigenvalue weighted by Gasteiger charge is -2.16. The zero-order valence-corrected chi connectivity index (χ0v) is 15.6. The van der Waals surface area contributed by atoms with Crippen LogP contribution in [0.5, 0.6) is 0 Å². The molecule has 0 saturated heterocycles. The number of fused-ring (bicyclic) bond motifs is 1. The molecule has 7 nitrogen and oxygen atoms in total. The second-order valence-corrected chi connectivity index (χ2v) is 6.60. The predicted octanol–water partition coefficient (Wildman–Crippen LogP) is 2.00. The van der Waals surface area contributed by atoms with Crippen LogP contribution in [-0.2, 0) is 31.5 Å². The lowest BCUT2D eigenvalue weighted by molar-refractivity contribution is -0.130. The van der Waals surface area contributed by atoms with Crippen molar-refractivity contribution in [2.24, 2.45) is 7.05 Å². The van der Waals surface area contributed by atoms with Gasteiger partial charge >= 0.3 is 5.69 Å². The largest absolute Gasteiger partial charge is 0.341 e. The SMILES string of the molecule is CCCn1c(=O)n(CCC(=O)N(C)Cc2cnn(C)c2)c2ccccc21. The maximum absolute atomic E-state index is 12.7. The molecule has 0 fully saturated rings. The monoisotopic (exact) mass is 355 g/mol. The van der Waals surface area contributed by atoms with E-state index in [1.165, 1.54) is 0 Å². The summed E-state index contributed by atoms with van der Waals surface area (Å²) in [4.78, 5) is 26.9. The third kappa shape index (κ3) is 3.56. The van der Waals surface area contributed by atoms with Crippen molar-refractivity contribution in [1.29, 1.82) is 0 Å². The van der Waals surface area contributed by atoms with Gasteiger partial charge in [0.2, 0.25) is 5.91 Å². The van der Waals surface area contributed by atoms with E-state index < -0.39 is 0 Å². The molecule has 2 aromatic heterocycles.